The second kappa shape index (κ2) is 24.7. The summed E-state index contributed by atoms with van der Waals surface area (Å²) in [5.74, 6) is -0.111. The van der Waals surface area contributed by atoms with E-state index in [2.05, 4.69) is 78.9 Å². The van der Waals surface area contributed by atoms with Gasteiger partial charge in [0, 0.05) is 125 Å². The normalized spacial score (nSPS) is 14.8. The molecule has 0 bridgehead atoms. The van der Waals surface area contributed by atoms with Gasteiger partial charge in [-0.3, -0.25) is 19.4 Å². The topological polar surface area (TPSA) is 150 Å². The molecule has 2 fully saturated rings. The second-order valence-corrected chi connectivity index (χ2v) is 21.7. The van der Waals surface area contributed by atoms with Gasteiger partial charge in [0.15, 0.2) is 0 Å². The van der Waals surface area contributed by atoms with Crippen LogP contribution in [-0.4, -0.2) is 134 Å². The molecule has 4 aromatic carbocycles. The van der Waals surface area contributed by atoms with Gasteiger partial charge in [0.05, 0.1) is 24.2 Å². The van der Waals surface area contributed by atoms with Crippen LogP contribution in [-0.2, 0) is 9.59 Å². The number of carboxylic acids is 2. The van der Waals surface area contributed by atoms with Gasteiger partial charge in [0.1, 0.15) is 30.1 Å². The van der Waals surface area contributed by atoms with E-state index in [4.69, 9.17) is 28.9 Å². The number of pyridine rings is 2. The lowest BCUT2D eigenvalue weighted by Gasteiger charge is -2.36. The molecule has 75 heavy (non-hydrogen) atoms. The smallest absolute Gasteiger partial charge is 0.316 e. The quantitative estimate of drug-likeness (QED) is 0.0495. The third-order valence-electron chi connectivity index (χ3n) is 14.7. The van der Waals surface area contributed by atoms with E-state index in [1.807, 2.05) is 48.5 Å². The van der Waals surface area contributed by atoms with Gasteiger partial charge in [-0.1, -0.05) is 18.6 Å². The van der Waals surface area contributed by atoms with Gasteiger partial charge < -0.3 is 39.0 Å². The number of thiophene rings is 2. The summed E-state index contributed by atoms with van der Waals surface area (Å²) in [6.07, 6.45) is 4.64. The summed E-state index contributed by atoms with van der Waals surface area (Å²) < 4.78 is 27.4. The average Bonchev–Trinajstić information content (AvgIpc) is 4.14. The second-order valence-electron chi connectivity index (χ2n) is 19.8. The molecule has 0 amide bonds. The van der Waals surface area contributed by atoms with Crippen LogP contribution < -0.4 is 28.7 Å². The van der Waals surface area contributed by atoms with E-state index in [0.717, 1.165) is 102 Å². The van der Waals surface area contributed by atoms with Crippen molar-refractivity contribution in [2.75, 3.05) is 102 Å². The molecule has 0 atom stereocenters. The molecule has 14 nitrogen and oxygen atoms in total. The van der Waals surface area contributed by atoms with E-state index >= 15 is 0 Å². The van der Waals surface area contributed by atoms with Gasteiger partial charge in [-0.15, -0.1) is 22.7 Å². The Bertz CT molecular complexity index is 2990. The van der Waals surface area contributed by atoms with Crippen LogP contribution in [0.1, 0.15) is 51.4 Å². The van der Waals surface area contributed by atoms with E-state index < -0.39 is 17.4 Å². The highest BCUT2D eigenvalue weighted by Crippen LogP contribution is 2.34. The van der Waals surface area contributed by atoms with Crippen molar-refractivity contribution in [3.63, 3.8) is 0 Å². The lowest BCUT2D eigenvalue weighted by Crippen LogP contribution is -2.46. The number of piperazine rings is 2. The molecule has 2 N–H and O–H groups in total. The van der Waals surface area contributed by atoms with Gasteiger partial charge in [-0.2, -0.15) is 0 Å². The number of nitrogens with zero attached hydrogens (tertiary/aromatic N) is 6. The van der Waals surface area contributed by atoms with Crippen LogP contribution in [0.5, 0.6) is 23.3 Å². The zero-order chi connectivity index (χ0) is 51.4. The predicted octanol–water partition coefficient (Wildman–Crippen LogP) is 11.3. The van der Waals surface area contributed by atoms with Crippen molar-refractivity contribution in [3.8, 4) is 23.3 Å². The van der Waals surface area contributed by atoms with Crippen molar-refractivity contribution in [1.82, 2.24) is 19.8 Å². The van der Waals surface area contributed by atoms with E-state index in [0.29, 0.717) is 48.6 Å². The van der Waals surface area contributed by atoms with Crippen LogP contribution in [0.15, 0.2) is 120 Å². The number of carbonyl (C=O) groups is 2. The number of hydrogen-bond acceptors (Lipinski definition) is 14. The maximum Gasteiger partial charge on any atom is 0.316 e. The maximum absolute atomic E-state index is 13.2. The highest BCUT2D eigenvalue weighted by Gasteiger charge is 2.41. The third kappa shape index (κ3) is 13.2. The van der Waals surface area contributed by atoms with Crippen molar-refractivity contribution in [2.45, 2.75) is 51.4 Å². The standard InChI is InChI=1S/C59H66N6O8S2/c66-57(67)13-1-2-24-59(58(68)69,41-72-55-20-16-43-14-18-45(39-49(43)60-55)70-35-5-3-25-62-27-31-64(32-28-62)51-9-7-11-53-47(51)22-37-74-53)42-73-56-21-17-44-15-19-46(40-50(44)61-56)71-36-6-4-26-63-29-33-65(34-30-63)52-10-8-12-54-48(52)23-38-75-54/h7-12,14-23,37-40H,1-6,13,24-36,41-42H2,(H,66,67)(H,68,69). The minimum atomic E-state index is -1.53. The average molecular weight is 1050 g/mol. The molecule has 6 heterocycles. The minimum absolute atomic E-state index is 0.0678. The van der Waals surface area contributed by atoms with Crippen LogP contribution in [0.2, 0.25) is 0 Å². The zero-order valence-corrected chi connectivity index (χ0v) is 44.1. The van der Waals surface area contributed by atoms with Crippen LogP contribution in [0.4, 0.5) is 11.4 Å². The number of aromatic nitrogens is 2. The number of carboxylic acid groups (broad SMARTS) is 2. The van der Waals surface area contributed by atoms with Crippen molar-refractivity contribution >= 4 is 88.0 Å². The van der Waals surface area contributed by atoms with Crippen LogP contribution in [0.3, 0.4) is 0 Å². The SMILES string of the molecule is O=C(O)CCCCC(COc1ccc2ccc(OCCCCN3CCN(c4cccc5sccc45)CC3)cc2n1)(COc1ccc2ccc(OCCCCN3CCN(c4cccc5sccc45)CC3)cc2n1)C(=O)O. The van der Waals surface area contributed by atoms with Crippen molar-refractivity contribution < 1.29 is 38.7 Å². The highest BCUT2D eigenvalue weighted by molar-refractivity contribution is 7.17. The van der Waals surface area contributed by atoms with E-state index in [1.165, 1.54) is 31.5 Å². The molecule has 0 spiro atoms. The number of fused-ring (bicyclic) bond motifs is 4. The first-order valence-corrected chi connectivity index (χ1v) is 28.2. The Hall–Kier alpha value is -6.72. The molecule has 0 aliphatic carbocycles. The third-order valence-corrected chi connectivity index (χ3v) is 16.4. The largest absolute Gasteiger partial charge is 0.494 e. The van der Waals surface area contributed by atoms with Crippen molar-refractivity contribution in [3.05, 3.63) is 120 Å². The molecule has 16 heteroatoms. The molecule has 0 unspecified atom stereocenters. The Balaban J connectivity index is 0.690. The number of benzene rings is 4. The number of unbranched alkanes of at least 4 members (excludes halogenated alkanes) is 3. The minimum Gasteiger partial charge on any atom is -0.494 e. The first-order chi connectivity index (χ1) is 36.7. The fourth-order valence-corrected chi connectivity index (χ4v) is 11.9. The number of hydrogen-bond donors (Lipinski definition) is 2. The van der Waals surface area contributed by atoms with Crippen LogP contribution >= 0.6 is 22.7 Å². The molecule has 10 rings (SSSR count). The Morgan fingerprint density at radius 1 is 0.533 bits per heavy atom. The summed E-state index contributed by atoms with van der Waals surface area (Å²) in [5.41, 5.74) is 2.48. The summed E-state index contributed by atoms with van der Waals surface area (Å²) in [6.45, 7) is 11.0. The van der Waals surface area contributed by atoms with Gasteiger partial charge in [-0.05, 0) is 135 Å². The van der Waals surface area contributed by atoms with Gasteiger partial charge in [0.25, 0.3) is 0 Å². The number of rotatable bonds is 26. The van der Waals surface area contributed by atoms with E-state index in [9.17, 15) is 19.8 Å². The Kier molecular flexibility index (Phi) is 17.1. The van der Waals surface area contributed by atoms with E-state index in [-0.39, 0.29) is 37.8 Å². The van der Waals surface area contributed by atoms with Crippen LogP contribution in [0, 0.1) is 5.41 Å². The lowest BCUT2D eigenvalue weighted by atomic mass is 9.84. The van der Waals surface area contributed by atoms with Gasteiger partial charge >= 0.3 is 11.9 Å². The molecular formula is C59H66N6O8S2. The van der Waals surface area contributed by atoms with Gasteiger partial charge in [-0.25, -0.2) is 9.97 Å². The zero-order valence-electron chi connectivity index (χ0n) is 42.4. The molecule has 8 aromatic rings. The van der Waals surface area contributed by atoms with Crippen molar-refractivity contribution in [2.24, 2.45) is 5.41 Å². The highest BCUT2D eigenvalue weighted by atomic mass is 32.1. The first kappa shape index (κ1) is 51.8. The van der Waals surface area contributed by atoms with E-state index in [1.54, 1.807) is 34.8 Å². The molecule has 2 aliphatic heterocycles. The molecule has 0 saturated carbocycles. The van der Waals surface area contributed by atoms with Gasteiger partial charge in [0.2, 0.25) is 11.8 Å². The fraction of sp³-hybridized carbons (Fsp3) is 0.390. The Morgan fingerprint density at radius 2 is 1.01 bits per heavy atom. The summed E-state index contributed by atoms with van der Waals surface area (Å²) in [7, 11) is 0. The summed E-state index contributed by atoms with van der Waals surface area (Å²) >= 11 is 3.59. The summed E-state index contributed by atoms with van der Waals surface area (Å²) in [6, 6.07) is 36.4. The molecule has 392 valence electrons. The molecule has 2 saturated heterocycles. The summed E-state index contributed by atoms with van der Waals surface area (Å²) in [4.78, 5) is 44.2. The molecule has 4 aromatic heterocycles. The van der Waals surface area contributed by atoms with Crippen LogP contribution in [0.25, 0.3) is 42.0 Å². The fourth-order valence-electron chi connectivity index (χ4n) is 10.3. The number of anilines is 2. The molecule has 2 aliphatic rings. The lowest BCUT2D eigenvalue weighted by molar-refractivity contribution is -0.154. The van der Waals surface area contributed by atoms with Crippen molar-refractivity contribution in [1.29, 1.82) is 0 Å². The first-order valence-electron chi connectivity index (χ1n) is 26.4. The Morgan fingerprint density at radius 3 is 1.48 bits per heavy atom. The number of ether oxygens (including phenoxy) is 4. The number of aliphatic carboxylic acids is 2. The molecule has 0 radical (unpaired) electrons. The maximum atomic E-state index is 13.2. The Labute approximate surface area is 446 Å². The monoisotopic (exact) mass is 1050 g/mol. The summed E-state index contributed by atoms with van der Waals surface area (Å²) in [5, 5.41) is 28.9. The molecular weight excluding hydrogens is 985 g/mol. The predicted molar refractivity (Wildman–Crippen MR) is 301 cm³/mol.